The van der Waals surface area contributed by atoms with E-state index in [1.165, 1.54) is 0 Å². The first-order valence-corrected chi connectivity index (χ1v) is 7.16. The van der Waals surface area contributed by atoms with E-state index in [2.05, 4.69) is 12.6 Å². The van der Waals surface area contributed by atoms with Crippen LogP contribution in [-0.2, 0) is 6.54 Å². The molecule has 0 saturated carbocycles. The number of amides is 1. The van der Waals surface area contributed by atoms with Crippen molar-refractivity contribution in [2.75, 3.05) is 7.05 Å². The molecular weight excluding hydrogens is 313 g/mol. The number of nitrogens with zero attached hydrogens (tertiary/aromatic N) is 1. The minimum Gasteiger partial charge on any atom is -0.337 e. The molecule has 0 spiro atoms. The summed E-state index contributed by atoms with van der Waals surface area (Å²) in [6.07, 6.45) is 0. The van der Waals surface area contributed by atoms with Crippen LogP contribution in [-0.4, -0.2) is 17.9 Å². The Morgan fingerprint density at radius 2 is 1.85 bits per heavy atom. The topological polar surface area (TPSA) is 20.3 Å². The molecule has 2 nitrogen and oxygen atoms in total. The van der Waals surface area contributed by atoms with Gasteiger partial charge in [0.15, 0.2) is 0 Å². The Labute approximate surface area is 133 Å². The molecule has 0 fully saturated rings. The summed E-state index contributed by atoms with van der Waals surface area (Å²) in [5.74, 6) is -0.161. The Morgan fingerprint density at radius 3 is 2.55 bits per heavy atom. The van der Waals surface area contributed by atoms with Crippen molar-refractivity contribution in [3.05, 3.63) is 63.6 Å². The summed E-state index contributed by atoms with van der Waals surface area (Å²) in [6.45, 7) is 0.422. The Hall–Kier alpha value is -1.16. The van der Waals surface area contributed by atoms with E-state index in [-0.39, 0.29) is 5.91 Å². The summed E-state index contributed by atoms with van der Waals surface area (Å²) < 4.78 is 0. The second-order valence-electron chi connectivity index (χ2n) is 4.42. The highest BCUT2D eigenvalue weighted by molar-refractivity contribution is 7.80. The number of benzene rings is 2. The highest BCUT2D eigenvalue weighted by atomic mass is 35.5. The average Bonchev–Trinajstić information content (AvgIpc) is 2.43. The maximum Gasteiger partial charge on any atom is 0.255 e. The van der Waals surface area contributed by atoms with Crippen molar-refractivity contribution >= 4 is 41.7 Å². The maximum absolute atomic E-state index is 12.4. The van der Waals surface area contributed by atoms with Gasteiger partial charge in [-0.1, -0.05) is 41.4 Å². The molecule has 0 saturated heterocycles. The number of thiol groups is 1. The maximum atomic E-state index is 12.4. The lowest BCUT2D eigenvalue weighted by atomic mass is 10.1. The molecule has 2 aromatic carbocycles. The summed E-state index contributed by atoms with van der Waals surface area (Å²) in [4.78, 5) is 14.7. The van der Waals surface area contributed by atoms with Crippen LogP contribution in [0, 0.1) is 0 Å². The van der Waals surface area contributed by atoms with Crippen molar-refractivity contribution in [2.45, 2.75) is 11.4 Å². The monoisotopic (exact) mass is 325 g/mol. The first-order chi connectivity index (χ1) is 9.49. The molecule has 0 N–H and O–H groups in total. The van der Waals surface area contributed by atoms with Gasteiger partial charge in [0, 0.05) is 23.5 Å². The van der Waals surface area contributed by atoms with Crippen LogP contribution in [0.2, 0.25) is 10.0 Å². The zero-order valence-electron chi connectivity index (χ0n) is 10.8. The lowest BCUT2D eigenvalue weighted by Gasteiger charge is -2.19. The number of rotatable bonds is 3. The third-order valence-corrected chi connectivity index (χ3v) is 3.87. The summed E-state index contributed by atoms with van der Waals surface area (Å²) >= 11 is 16.4. The van der Waals surface area contributed by atoms with Gasteiger partial charge in [-0.15, -0.1) is 12.6 Å². The molecule has 0 radical (unpaired) electrons. The van der Waals surface area contributed by atoms with Gasteiger partial charge in [0.1, 0.15) is 0 Å². The van der Waals surface area contributed by atoms with E-state index in [0.717, 1.165) is 5.56 Å². The molecule has 0 aliphatic heterocycles. The Morgan fingerprint density at radius 1 is 1.15 bits per heavy atom. The summed E-state index contributed by atoms with van der Waals surface area (Å²) in [5, 5.41) is 1.06. The van der Waals surface area contributed by atoms with E-state index in [4.69, 9.17) is 23.2 Å². The molecule has 104 valence electrons. The van der Waals surface area contributed by atoms with Crippen LogP contribution in [0.5, 0.6) is 0 Å². The first kappa shape index (κ1) is 15.2. The van der Waals surface area contributed by atoms with Crippen molar-refractivity contribution in [1.82, 2.24) is 4.90 Å². The van der Waals surface area contributed by atoms with E-state index in [0.29, 0.717) is 27.0 Å². The zero-order chi connectivity index (χ0) is 14.7. The van der Waals surface area contributed by atoms with E-state index in [1.54, 1.807) is 36.2 Å². The van der Waals surface area contributed by atoms with Gasteiger partial charge in [0.05, 0.1) is 10.6 Å². The van der Waals surface area contributed by atoms with Gasteiger partial charge in [-0.2, -0.15) is 0 Å². The molecule has 5 heteroatoms. The first-order valence-electron chi connectivity index (χ1n) is 5.96. The summed E-state index contributed by atoms with van der Waals surface area (Å²) in [7, 11) is 1.72. The highest BCUT2D eigenvalue weighted by Gasteiger charge is 2.16. The fourth-order valence-electron chi connectivity index (χ4n) is 1.84. The molecule has 2 aromatic rings. The van der Waals surface area contributed by atoms with Crippen molar-refractivity contribution < 1.29 is 4.79 Å². The molecule has 1 amide bonds. The van der Waals surface area contributed by atoms with Crippen LogP contribution in [0.15, 0.2) is 47.4 Å². The molecule has 0 unspecified atom stereocenters. The van der Waals surface area contributed by atoms with Gasteiger partial charge < -0.3 is 4.90 Å². The van der Waals surface area contributed by atoms with Crippen molar-refractivity contribution in [3.8, 4) is 0 Å². The van der Waals surface area contributed by atoms with Crippen molar-refractivity contribution in [3.63, 3.8) is 0 Å². The number of hydrogen-bond acceptors (Lipinski definition) is 2. The Balaban J connectivity index is 2.21. The lowest BCUT2D eigenvalue weighted by Crippen LogP contribution is -2.26. The van der Waals surface area contributed by atoms with E-state index in [1.807, 2.05) is 18.2 Å². The second kappa shape index (κ2) is 6.53. The molecule has 0 aliphatic rings. The average molecular weight is 326 g/mol. The quantitative estimate of drug-likeness (QED) is 0.820. The van der Waals surface area contributed by atoms with Gasteiger partial charge in [0.2, 0.25) is 0 Å². The standard InChI is InChI=1S/C15H13Cl2NOS/c1-18(9-10-4-2-3-5-13(10)16)15(19)12-8-11(20)6-7-14(12)17/h2-8,20H,9H2,1H3. The number of carbonyl (C=O) groups is 1. The highest BCUT2D eigenvalue weighted by Crippen LogP contribution is 2.22. The fourth-order valence-corrected chi connectivity index (χ4v) is 2.43. The smallest absolute Gasteiger partial charge is 0.255 e. The van der Waals surface area contributed by atoms with E-state index < -0.39 is 0 Å². The van der Waals surface area contributed by atoms with Crippen LogP contribution in [0.3, 0.4) is 0 Å². The Kier molecular flexibility index (Phi) is 4.97. The van der Waals surface area contributed by atoms with Crippen molar-refractivity contribution in [2.24, 2.45) is 0 Å². The fraction of sp³-hybridized carbons (Fsp3) is 0.133. The molecule has 20 heavy (non-hydrogen) atoms. The van der Waals surface area contributed by atoms with Crippen LogP contribution in [0.1, 0.15) is 15.9 Å². The molecule has 0 heterocycles. The van der Waals surface area contributed by atoms with Gasteiger partial charge in [-0.3, -0.25) is 4.79 Å². The molecule has 0 atom stereocenters. The zero-order valence-corrected chi connectivity index (χ0v) is 13.2. The summed E-state index contributed by atoms with van der Waals surface area (Å²) in [5.41, 5.74) is 1.33. The predicted octanol–water partition coefficient (Wildman–Crippen LogP) is 4.55. The molecule has 0 aromatic heterocycles. The SMILES string of the molecule is CN(Cc1ccccc1Cl)C(=O)c1cc(S)ccc1Cl. The molecule has 0 aliphatic carbocycles. The second-order valence-corrected chi connectivity index (χ2v) is 5.75. The Bertz CT molecular complexity index is 646. The van der Waals surface area contributed by atoms with E-state index >= 15 is 0 Å². The third-order valence-electron chi connectivity index (χ3n) is 2.89. The van der Waals surface area contributed by atoms with Crippen LogP contribution in [0.4, 0.5) is 0 Å². The third kappa shape index (κ3) is 3.48. The van der Waals surface area contributed by atoms with Crippen molar-refractivity contribution in [1.29, 1.82) is 0 Å². The largest absolute Gasteiger partial charge is 0.337 e. The molecule has 2 rings (SSSR count). The van der Waals surface area contributed by atoms with Gasteiger partial charge in [0.25, 0.3) is 5.91 Å². The predicted molar refractivity (Wildman–Crippen MR) is 86.0 cm³/mol. The number of halogens is 2. The number of hydrogen-bond donors (Lipinski definition) is 1. The minimum absolute atomic E-state index is 0.161. The van der Waals surface area contributed by atoms with Gasteiger partial charge >= 0.3 is 0 Å². The minimum atomic E-state index is -0.161. The van der Waals surface area contributed by atoms with Gasteiger partial charge in [-0.05, 0) is 29.8 Å². The number of carbonyl (C=O) groups excluding carboxylic acids is 1. The van der Waals surface area contributed by atoms with Crippen LogP contribution in [0.25, 0.3) is 0 Å². The summed E-state index contributed by atoms with van der Waals surface area (Å²) in [6, 6.07) is 12.5. The van der Waals surface area contributed by atoms with E-state index in [9.17, 15) is 4.79 Å². The molecular formula is C15H13Cl2NOS. The normalized spacial score (nSPS) is 10.4. The lowest BCUT2D eigenvalue weighted by molar-refractivity contribution is 0.0785. The van der Waals surface area contributed by atoms with Crippen LogP contribution < -0.4 is 0 Å². The van der Waals surface area contributed by atoms with Crippen LogP contribution >= 0.6 is 35.8 Å². The van der Waals surface area contributed by atoms with Gasteiger partial charge in [-0.25, -0.2) is 0 Å². The molecule has 0 bridgehead atoms.